The van der Waals surface area contributed by atoms with Crippen molar-refractivity contribution in [1.29, 1.82) is 0 Å². The Hall–Kier alpha value is -0.380. The summed E-state index contributed by atoms with van der Waals surface area (Å²) in [5.41, 5.74) is 0. The van der Waals surface area contributed by atoms with E-state index in [9.17, 15) is 4.79 Å². The summed E-state index contributed by atoms with van der Waals surface area (Å²) >= 11 is 0. The van der Waals surface area contributed by atoms with Crippen molar-refractivity contribution in [1.82, 2.24) is 9.80 Å². The molecule has 1 amide bonds. The van der Waals surface area contributed by atoms with Crippen LogP contribution in [0.3, 0.4) is 0 Å². The molecule has 0 spiro atoms. The van der Waals surface area contributed by atoms with Crippen LogP contribution in [0.5, 0.6) is 0 Å². The van der Waals surface area contributed by atoms with Gasteiger partial charge in [-0.05, 0) is 6.92 Å². The quantitative estimate of drug-likeness (QED) is 0.781. The molecular formula is C12H29N2O3P. The maximum absolute atomic E-state index is 11.2. The standard InChI is InChI=1S/C8H16N2O3.C3H8.CH5P/c1-2-13-8(12)10-5-3-9(7-11)4-6-10;1-3-2;1-2/h11H,2-7H2,1H3;3H2,1-2H3;2H2,1H3. The molecule has 18 heavy (non-hydrogen) atoms. The van der Waals surface area contributed by atoms with Crippen LogP contribution in [0, 0.1) is 0 Å². The lowest BCUT2D eigenvalue weighted by atomic mass is 10.3. The first-order chi connectivity index (χ1) is 8.69. The van der Waals surface area contributed by atoms with E-state index in [1.165, 1.54) is 6.42 Å². The first-order valence-electron chi connectivity index (χ1n) is 6.52. The maximum Gasteiger partial charge on any atom is 0.409 e. The Labute approximate surface area is 114 Å². The molecule has 1 aliphatic heterocycles. The molecular weight excluding hydrogens is 251 g/mol. The summed E-state index contributed by atoms with van der Waals surface area (Å²) in [6.45, 7) is 11.2. The molecule has 0 aromatic heterocycles. The van der Waals surface area contributed by atoms with Crippen molar-refractivity contribution in [3.05, 3.63) is 0 Å². The minimum atomic E-state index is -0.250. The Bertz CT molecular complexity index is 186. The van der Waals surface area contributed by atoms with Crippen molar-refractivity contribution < 1.29 is 14.6 Å². The maximum atomic E-state index is 11.2. The van der Waals surface area contributed by atoms with E-state index in [-0.39, 0.29) is 12.8 Å². The smallest absolute Gasteiger partial charge is 0.409 e. The van der Waals surface area contributed by atoms with Crippen molar-refractivity contribution in [3.63, 3.8) is 0 Å². The van der Waals surface area contributed by atoms with Crippen LogP contribution in [0.15, 0.2) is 0 Å². The molecule has 1 unspecified atom stereocenters. The Morgan fingerprint density at radius 3 is 1.94 bits per heavy atom. The number of piperazine rings is 1. The van der Waals surface area contributed by atoms with Gasteiger partial charge in [0.05, 0.1) is 13.3 Å². The molecule has 0 aromatic rings. The lowest BCUT2D eigenvalue weighted by molar-refractivity contribution is 0.0436. The van der Waals surface area contributed by atoms with E-state index in [0.717, 1.165) is 13.1 Å². The largest absolute Gasteiger partial charge is 0.450 e. The van der Waals surface area contributed by atoms with Crippen molar-refractivity contribution in [3.8, 4) is 0 Å². The van der Waals surface area contributed by atoms with Gasteiger partial charge in [-0.3, -0.25) is 4.90 Å². The Balaban J connectivity index is 0. The second-order valence-electron chi connectivity index (χ2n) is 3.65. The van der Waals surface area contributed by atoms with E-state index in [2.05, 4.69) is 23.1 Å². The van der Waals surface area contributed by atoms with Crippen molar-refractivity contribution in [2.24, 2.45) is 0 Å². The molecule has 0 aliphatic carbocycles. The van der Waals surface area contributed by atoms with Crippen LogP contribution >= 0.6 is 9.24 Å². The van der Waals surface area contributed by atoms with Gasteiger partial charge in [0, 0.05) is 26.2 Å². The molecule has 0 saturated carbocycles. The number of aliphatic hydroxyl groups excluding tert-OH is 1. The van der Waals surface area contributed by atoms with E-state index < -0.39 is 0 Å². The van der Waals surface area contributed by atoms with Gasteiger partial charge in [-0.1, -0.05) is 26.9 Å². The monoisotopic (exact) mass is 280 g/mol. The van der Waals surface area contributed by atoms with Crippen LogP contribution in [0.4, 0.5) is 4.79 Å². The molecule has 5 nitrogen and oxygen atoms in total. The van der Waals surface area contributed by atoms with Gasteiger partial charge in [-0.15, -0.1) is 9.24 Å². The Kier molecular flexibility index (Phi) is 16.3. The van der Waals surface area contributed by atoms with Gasteiger partial charge < -0.3 is 14.7 Å². The highest BCUT2D eigenvalue weighted by molar-refractivity contribution is 7.15. The minimum Gasteiger partial charge on any atom is -0.450 e. The molecule has 1 saturated heterocycles. The molecule has 1 fully saturated rings. The fourth-order valence-electron chi connectivity index (χ4n) is 1.29. The second-order valence-corrected chi connectivity index (χ2v) is 3.65. The number of hydrogen-bond acceptors (Lipinski definition) is 4. The van der Waals surface area contributed by atoms with Crippen LogP contribution < -0.4 is 0 Å². The third-order valence-electron chi connectivity index (χ3n) is 2.10. The minimum absolute atomic E-state index is 0.0661. The zero-order chi connectivity index (χ0) is 14.4. The number of rotatable bonds is 2. The predicted octanol–water partition coefficient (Wildman–Crippen LogP) is 1.62. The van der Waals surface area contributed by atoms with Crippen molar-refractivity contribution in [2.45, 2.75) is 27.2 Å². The number of carbonyl (C=O) groups excluding carboxylic acids is 1. The first-order valence-corrected chi connectivity index (χ1v) is 7.67. The highest BCUT2D eigenvalue weighted by atomic mass is 31.0. The van der Waals surface area contributed by atoms with Crippen molar-refractivity contribution in [2.75, 3.05) is 46.2 Å². The van der Waals surface area contributed by atoms with Gasteiger partial charge in [0.25, 0.3) is 0 Å². The summed E-state index contributed by atoms with van der Waals surface area (Å²) in [6, 6.07) is 0. The van der Waals surface area contributed by atoms with E-state index in [1.807, 2.05) is 11.6 Å². The number of carbonyl (C=O) groups is 1. The summed E-state index contributed by atoms with van der Waals surface area (Å²) in [7, 11) is 2.42. The summed E-state index contributed by atoms with van der Waals surface area (Å²) in [4.78, 5) is 14.8. The molecule has 0 aromatic carbocycles. The lowest BCUT2D eigenvalue weighted by Gasteiger charge is -2.32. The van der Waals surface area contributed by atoms with E-state index in [1.54, 1.807) is 11.8 Å². The fraction of sp³-hybridized carbons (Fsp3) is 0.917. The molecule has 1 atom stereocenters. The number of ether oxygens (including phenoxy) is 1. The van der Waals surface area contributed by atoms with Gasteiger partial charge >= 0.3 is 6.09 Å². The summed E-state index contributed by atoms with van der Waals surface area (Å²) in [5.74, 6) is 0. The number of hydrogen-bond donors (Lipinski definition) is 1. The van der Waals surface area contributed by atoms with Gasteiger partial charge in [-0.25, -0.2) is 4.79 Å². The van der Waals surface area contributed by atoms with Gasteiger partial charge in [0.2, 0.25) is 0 Å². The van der Waals surface area contributed by atoms with Crippen LogP contribution in [0.1, 0.15) is 27.2 Å². The van der Waals surface area contributed by atoms with Gasteiger partial charge in [0.15, 0.2) is 0 Å². The Morgan fingerprint density at radius 2 is 1.61 bits per heavy atom. The van der Waals surface area contributed by atoms with Gasteiger partial charge in [-0.2, -0.15) is 0 Å². The number of aliphatic hydroxyl groups is 1. The summed E-state index contributed by atoms with van der Waals surface area (Å²) < 4.78 is 4.86. The highest BCUT2D eigenvalue weighted by Crippen LogP contribution is 2.02. The Morgan fingerprint density at radius 1 is 1.17 bits per heavy atom. The summed E-state index contributed by atoms with van der Waals surface area (Å²) in [5, 5.41) is 8.81. The third kappa shape index (κ3) is 9.63. The van der Waals surface area contributed by atoms with Crippen molar-refractivity contribution >= 4 is 15.3 Å². The number of nitrogens with zero attached hydrogens (tertiary/aromatic N) is 2. The van der Waals surface area contributed by atoms with Crippen LogP contribution in [-0.2, 0) is 4.74 Å². The molecule has 1 N–H and O–H groups in total. The number of amides is 1. The topological polar surface area (TPSA) is 53.0 Å². The van der Waals surface area contributed by atoms with E-state index >= 15 is 0 Å². The normalized spacial score (nSPS) is 14.9. The average molecular weight is 280 g/mol. The highest BCUT2D eigenvalue weighted by Gasteiger charge is 2.20. The van der Waals surface area contributed by atoms with Crippen LogP contribution in [0.2, 0.25) is 0 Å². The molecule has 110 valence electrons. The molecule has 1 rings (SSSR count). The van der Waals surface area contributed by atoms with E-state index in [4.69, 9.17) is 9.84 Å². The zero-order valence-electron chi connectivity index (χ0n) is 12.2. The fourth-order valence-corrected chi connectivity index (χ4v) is 1.29. The first kappa shape index (κ1) is 19.9. The van der Waals surface area contributed by atoms with Crippen LogP contribution in [-0.4, -0.2) is 67.2 Å². The molecule has 0 radical (unpaired) electrons. The predicted molar refractivity (Wildman–Crippen MR) is 78.9 cm³/mol. The van der Waals surface area contributed by atoms with Crippen LogP contribution in [0.25, 0.3) is 0 Å². The second kappa shape index (κ2) is 14.7. The summed E-state index contributed by atoms with van der Waals surface area (Å²) in [6.07, 6.45) is 1.00. The molecule has 1 heterocycles. The molecule has 1 aliphatic rings. The lowest BCUT2D eigenvalue weighted by Crippen LogP contribution is -2.48. The molecule has 0 bridgehead atoms. The SMILES string of the molecule is CCC.CCOC(=O)N1CCN(CO)CC1.CP. The average Bonchev–Trinajstić information content (AvgIpc) is 2.42. The third-order valence-corrected chi connectivity index (χ3v) is 2.10. The van der Waals surface area contributed by atoms with Gasteiger partial charge in [0.1, 0.15) is 0 Å². The van der Waals surface area contributed by atoms with E-state index in [0.29, 0.717) is 19.7 Å². The zero-order valence-corrected chi connectivity index (χ0v) is 13.3. The molecule has 6 heteroatoms.